The summed E-state index contributed by atoms with van der Waals surface area (Å²) in [5.74, 6) is 2.87. The first kappa shape index (κ1) is 22.5. The van der Waals surface area contributed by atoms with Crippen LogP contribution in [0.2, 0.25) is 10.0 Å². The third-order valence-corrected chi connectivity index (χ3v) is 7.86. The van der Waals surface area contributed by atoms with Crippen molar-refractivity contribution in [2.24, 2.45) is 11.8 Å². The molecule has 1 heterocycles. The van der Waals surface area contributed by atoms with Crippen LogP contribution in [0.25, 0.3) is 0 Å². The number of nitrogens with zero attached hydrogens (tertiary/aromatic N) is 1. The number of rotatable bonds is 6. The van der Waals surface area contributed by atoms with Crippen molar-refractivity contribution in [1.29, 1.82) is 0 Å². The number of carbonyl (C=O) groups is 1. The average Bonchev–Trinajstić information content (AvgIpc) is 3.53. The molecule has 3 aliphatic carbocycles. The number of aromatic nitrogens is 1. The second-order valence-corrected chi connectivity index (χ2v) is 10.2. The van der Waals surface area contributed by atoms with E-state index in [-0.39, 0.29) is 5.91 Å². The minimum Gasteiger partial charge on any atom is -0.493 e. The van der Waals surface area contributed by atoms with Crippen molar-refractivity contribution in [1.82, 2.24) is 4.98 Å². The van der Waals surface area contributed by atoms with Crippen LogP contribution in [0.3, 0.4) is 0 Å². The maximum absolute atomic E-state index is 12.8. The molecule has 0 aliphatic heterocycles. The lowest BCUT2D eigenvalue weighted by Gasteiger charge is -2.19. The molecule has 3 aliphatic rings. The first-order valence-corrected chi connectivity index (χ1v) is 12.4. The predicted molar refractivity (Wildman–Crippen MR) is 130 cm³/mol. The van der Waals surface area contributed by atoms with E-state index in [2.05, 4.69) is 28.5 Å². The fourth-order valence-electron chi connectivity index (χ4n) is 5.60. The predicted octanol–water partition coefficient (Wildman–Crippen LogP) is 6.80. The van der Waals surface area contributed by atoms with Crippen molar-refractivity contribution >= 4 is 34.8 Å². The normalized spacial score (nSPS) is 24.5. The summed E-state index contributed by atoms with van der Waals surface area (Å²) in [4.78, 5) is 16.8. The Hall–Kier alpha value is -2.24. The molecule has 3 atom stereocenters. The Kier molecular flexibility index (Phi) is 6.53. The van der Waals surface area contributed by atoms with E-state index < -0.39 is 0 Å². The molecule has 0 radical (unpaired) electrons. The van der Waals surface area contributed by atoms with E-state index in [1.165, 1.54) is 30.8 Å². The fraction of sp³-hybridized carbons (Fsp3) is 0.462. The topological polar surface area (TPSA) is 60.5 Å². The zero-order chi connectivity index (χ0) is 22.9. The van der Waals surface area contributed by atoms with Crippen molar-refractivity contribution in [3.05, 3.63) is 57.9 Å². The molecule has 0 saturated heterocycles. The van der Waals surface area contributed by atoms with Crippen LogP contribution in [0.5, 0.6) is 11.5 Å². The number of hydrogen-bond donors (Lipinski definition) is 1. The van der Waals surface area contributed by atoms with Gasteiger partial charge in [0.25, 0.3) is 5.91 Å². The van der Waals surface area contributed by atoms with Crippen molar-refractivity contribution in [3.8, 4) is 11.5 Å². The van der Waals surface area contributed by atoms with Gasteiger partial charge in [-0.3, -0.25) is 9.78 Å². The molecule has 33 heavy (non-hydrogen) atoms. The number of halogens is 2. The SMILES string of the molecule is COc1ccc([C@H]2C[C@@H]3CC(C(=O)Nc4c(Cl)cncc4Cl)=C[C@@H]3C2)cc1OC1CCCC1. The van der Waals surface area contributed by atoms with Gasteiger partial charge in [0.15, 0.2) is 11.5 Å². The largest absolute Gasteiger partial charge is 0.493 e. The van der Waals surface area contributed by atoms with Crippen LogP contribution in [0.4, 0.5) is 5.69 Å². The number of ether oxygens (including phenoxy) is 2. The molecule has 2 aromatic rings. The second kappa shape index (κ2) is 9.55. The monoisotopic (exact) mass is 486 g/mol. The van der Waals surface area contributed by atoms with Gasteiger partial charge in [-0.25, -0.2) is 0 Å². The zero-order valence-electron chi connectivity index (χ0n) is 18.7. The molecule has 1 amide bonds. The molecular formula is C26H28Cl2N2O3. The summed E-state index contributed by atoms with van der Waals surface area (Å²) in [6.45, 7) is 0. The van der Waals surface area contributed by atoms with E-state index in [0.29, 0.717) is 39.6 Å². The molecule has 2 fully saturated rings. The number of nitrogens with one attached hydrogen (secondary N) is 1. The molecule has 7 heteroatoms. The minimum absolute atomic E-state index is 0.132. The van der Waals surface area contributed by atoms with Gasteiger partial charge in [-0.15, -0.1) is 0 Å². The number of allylic oxidation sites excluding steroid dienone is 1. The molecule has 0 bridgehead atoms. The van der Waals surface area contributed by atoms with E-state index >= 15 is 0 Å². The third-order valence-electron chi connectivity index (χ3n) is 7.29. The standard InChI is InChI=1S/C26H28Cl2N2O3/c1-32-23-7-6-15(12-24(23)33-20-4-2-3-5-20)16-8-17-10-19(11-18(17)9-16)26(31)30-25-21(27)13-29-14-22(25)28/h6-7,10,12-14,16-18,20H,2-5,8-9,11H2,1H3,(H,29,30,31)/t16-,17+,18-/m1/s1. The fourth-order valence-corrected chi connectivity index (χ4v) is 6.05. The van der Waals surface area contributed by atoms with E-state index in [1.54, 1.807) is 7.11 Å². The molecule has 0 spiro atoms. The maximum Gasteiger partial charge on any atom is 0.251 e. The van der Waals surface area contributed by atoms with Gasteiger partial charge in [-0.2, -0.15) is 0 Å². The second-order valence-electron chi connectivity index (χ2n) is 9.36. The molecule has 2 saturated carbocycles. The summed E-state index contributed by atoms with van der Waals surface area (Å²) >= 11 is 12.3. The zero-order valence-corrected chi connectivity index (χ0v) is 20.2. The van der Waals surface area contributed by atoms with E-state index in [0.717, 1.165) is 49.2 Å². The number of pyridine rings is 1. The van der Waals surface area contributed by atoms with Gasteiger partial charge in [0.05, 0.1) is 28.9 Å². The highest BCUT2D eigenvalue weighted by atomic mass is 35.5. The summed E-state index contributed by atoms with van der Waals surface area (Å²) in [6.07, 6.45) is 13.0. The lowest BCUT2D eigenvalue weighted by Crippen LogP contribution is -2.15. The van der Waals surface area contributed by atoms with Crippen LogP contribution in [0.1, 0.15) is 56.4 Å². The number of methoxy groups -OCH3 is 1. The summed E-state index contributed by atoms with van der Waals surface area (Å²) in [5, 5.41) is 3.54. The Bertz CT molecular complexity index is 1060. The van der Waals surface area contributed by atoms with Crippen LogP contribution in [-0.4, -0.2) is 24.1 Å². The number of anilines is 1. The van der Waals surface area contributed by atoms with Crippen molar-refractivity contribution < 1.29 is 14.3 Å². The van der Waals surface area contributed by atoms with Gasteiger partial charge < -0.3 is 14.8 Å². The van der Waals surface area contributed by atoms with Crippen molar-refractivity contribution in [2.75, 3.05) is 12.4 Å². The van der Waals surface area contributed by atoms with E-state index in [9.17, 15) is 4.79 Å². The lowest BCUT2D eigenvalue weighted by molar-refractivity contribution is -0.113. The summed E-state index contributed by atoms with van der Waals surface area (Å²) < 4.78 is 11.9. The Labute approximate surface area is 204 Å². The summed E-state index contributed by atoms with van der Waals surface area (Å²) in [7, 11) is 1.69. The van der Waals surface area contributed by atoms with Crippen molar-refractivity contribution in [2.45, 2.75) is 57.0 Å². The Morgan fingerprint density at radius 1 is 1.09 bits per heavy atom. The van der Waals surface area contributed by atoms with Crippen LogP contribution >= 0.6 is 23.2 Å². The van der Waals surface area contributed by atoms with Crippen molar-refractivity contribution in [3.63, 3.8) is 0 Å². The van der Waals surface area contributed by atoms with Crippen LogP contribution in [0, 0.1) is 11.8 Å². The average molecular weight is 487 g/mol. The number of amides is 1. The first-order chi connectivity index (χ1) is 16.0. The molecule has 1 aromatic carbocycles. The minimum atomic E-state index is -0.132. The lowest BCUT2D eigenvalue weighted by atomic mass is 9.94. The maximum atomic E-state index is 12.8. The first-order valence-electron chi connectivity index (χ1n) is 11.7. The molecule has 1 N–H and O–H groups in total. The van der Waals surface area contributed by atoms with Gasteiger partial charge in [-0.05, 0) is 80.4 Å². The quantitative estimate of drug-likeness (QED) is 0.487. The van der Waals surface area contributed by atoms with Gasteiger partial charge in [-0.1, -0.05) is 35.3 Å². The summed E-state index contributed by atoms with van der Waals surface area (Å²) in [6, 6.07) is 6.37. The van der Waals surface area contributed by atoms with Crippen LogP contribution in [0.15, 0.2) is 42.2 Å². The van der Waals surface area contributed by atoms with E-state index in [4.69, 9.17) is 32.7 Å². The highest BCUT2D eigenvalue weighted by molar-refractivity contribution is 6.39. The molecule has 0 unspecified atom stereocenters. The number of carbonyl (C=O) groups excluding carboxylic acids is 1. The summed E-state index contributed by atoms with van der Waals surface area (Å²) in [5.41, 5.74) is 2.53. The van der Waals surface area contributed by atoms with Gasteiger partial charge in [0.2, 0.25) is 0 Å². The number of hydrogen-bond acceptors (Lipinski definition) is 4. The van der Waals surface area contributed by atoms with E-state index in [1.807, 2.05) is 6.07 Å². The smallest absolute Gasteiger partial charge is 0.251 e. The van der Waals surface area contributed by atoms with Crippen LogP contribution < -0.4 is 14.8 Å². The molecular weight excluding hydrogens is 459 g/mol. The van der Waals surface area contributed by atoms with Crippen LogP contribution in [-0.2, 0) is 4.79 Å². The Balaban J connectivity index is 1.26. The molecule has 174 valence electrons. The van der Waals surface area contributed by atoms with Gasteiger partial charge in [0.1, 0.15) is 0 Å². The number of fused-ring (bicyclic) bond motifs is 1. The number of benzene rings is 1. The molecule has 1 aromatic heterocycles. The highest BCUT2D eigenvalue weighted by Gasteiger charge is 2.39. The molecule has 5 nitrogen and oxygen atoms in total. The Morgan fingerprint density at radius 3 is 2.55 bits per heavy atom. The van der Waals surface area contributed by atoms with Gasteiger partial charge >= 0.3 is 0 Å². The molecule has 5 rings (SSSR count). The van der Waals surface area contributed by atoms with Gasteiger partial charge in [0, 0.05) is 18.0 Å². The highest BCUT2D eigenvalue weighted by Crippen LogP contribution is 2.50. The Morgan fingerprint density at radius 2 is 1.85 bits per heavy atom. The third kappa shape index (κ3) is 4.71.